The summed E-state index contributed by atoms with van der Waals surface area (Å²) in [7, 11) is 0. The monoisotopic (exact) mass is 330 g/mol. The van der Waals surface area contributed by atoms with Crippen molar-refractivity contribution < 1.29 is 9.90 Å². The molecule has 1 amide bonds. The van der Waals surface area contributed by atoms with E-state index < -0.39 is 0 Å². The third kappa shape index (κ3) is 4.32. The highest BCUT2D eigenvalue weighted by Crippen LogP contribution is 2.22. The summed E-state index contributed by atoms with van der Waals surface area (Å²) in [6.07, 6.45) is 1.73. The van der Waals surface area contributed by atoms with E-state index in [9.17, 15) is 9.90 Å². The Morgan fingerprint density at radius 1 is 0.840 bits per heavy atom. The van der Waals surface area contributed by atoms with Crippen LogP contribution in [0, 0.1) is 0 Å². The Labute approximate surface area is 146 Å². The van der Waals surface area contributed by atoms with E-state index in [0.29, 0.717) is 5.56 Å². The summed E-state index contributed by atoms with van der Waals surface area (Å²) in [5, 5.41) is 13.4. The predicted octanol–water partition coefficient (Wildman–Crippen LogP) is 3.94. The Morgan fingerprint density at radius 2 is 1.36 bits per heavy atom. The first kappa shape index (κ1) is 16.5. The number of carbonyl (C=O) groups is 1. The van der Waals surface area contributed by atoms with Crippen molar-refractivity contribution in [2.45, 2.75) is 5.92 Å². The van der Waals surface area contributed by atoms with Crippen molar-refractivity contribution in [2.24, 2.45) is 5.10 Å². The highest BCUT2D eigenvalue weighted by atomic mass is 16.3. The molecule has 0 spiro atoms. The lowest BCUT2D eigenvalue weighted by molar-refractivity contribution is 0.0955. The van der Waals surface area contributed by atoms with Gasteiger partial charge in [-0.15, -0.1) is 0 Å². The van der Waals surface area contributed by atoms with Crippen molar-refractivity contribution in [3.63, 3.8) is 0 Å². The van der Waals surface area contributed by atoms with Crippen molar-refractivity contribution in [1.82, 2.24) is 5.43 Å². The van der Waals surface area contributed by atoms with Crippen LogP contribution in [0.1, 0.15) is 27.4 Å². The number of phenols is 1. The molecule has 0 aromatic heterocycles. The SMILES string of the molecule is O=C(N/N=C\C(c1ccccc1)c1ccccc1)c1ccc(O)cc1. The number of rotatable bonds is 5. The molecule has 3 aromatic carbocycles. The van der Waals surface area contributed by atoms with Gasteiger partial charge in [0, 0.05) is 17.7 Å². The molecule has 0 unspecified atom stereocenters. The topological polar surface area (TPSA) is 61.7 Å². The normalized spacial score (nSPS) is 10.9. The minimum atomic E-state index is -0.323. The van der Waals surface area contributed by atoms with Gasteiger partial charge in [-0.2, -0.15) is 5.10 Å². The first-order chi connectivity index (χ1) is 12.2. The van der Waals surface area contributed by atoms with E-state index in [-0.39, 0.29) is 17.6 Å². The van der Waals surface area contributed by atoms with Crippen LogP contribution in [0.2, 0.25) is 0 Å². The van der Waals surface area contributed by atoms with E-state index in [1.807, 2.05) is 60.7 Å². The number of hydrogen-bond acceptors (Lipinski definition) is 3. The minimum absolute atomic E-state index is 0.0532. The lowest BCUT2D eigenvalue weighted by Crippen LogP contribution is -2.18. The molecule has 3 rings (SSSR count). The standard InChI is InChI=1S/C21H18N2O2/c24-19-13-11-18(12-14-19)21(25)23-22-15-20(16-7-3-1-4-8-16)17-9-5-2-6-10-17/h1-15,20,24H,(H,23,25)/b22-15-. The molecule has 0 aliphatic carbocycles. The van der Waals surface area contributed by atoms with Crippen LogP contribution in [-0.2, 0) is 0 Å². The summed E-state index contributed by atoms with van der Waals surface area (Å²) in [6, 6.07) is 26.0. The van der Waals surface area contributed by atoms with E-state index in [2.05, 4.69) is 10.5 Å². The number of aromatic hydroxyl groups is 1. The third-order valence-corrected chi connectivity index (χ3v) is 3.84. The number of carbonyl (C=O) groups excluding carboxylic acids is 1. The van der Waals surface area contributed by atoms with Crippen LogP contribution < -0.4 is 5.43 Å². The van der Waals surface area contributed by atoms with Crippen molar-refractivity contribution in [1.29, 1.82) is 0 Å². The maximum atomic E-state index is 12.1. The third-order valence-electron chi connectivity index (χ3n) is 3.84. The molecule has 0 heterocycles. The van der Waals surface area contributed by atoms with Crippen LogP contribution in [-0.4, -0.2) is 17.2 Å². The van der Waals surface area contributed by atoms with Crippen molar-refractivity contribution in [2.75, 3.05) is 0 Å². The first-order valence-corrected chi connectivity index (χ1v) is 7.96. The molecule has 0 radical (unpaired) electrons. The fourth-order valence-electron chi connectivity index (χ4n) is 2.53. The number of nitrogens with zero attached hydrogens (tertiary/aromatic N) is 1. The van der Waals surface area contributed by atoms with Gasteiger partial charge in [0.1, 0.15) is 5.75 Å². The van der Waals surface area contributed by atoms with Gasteiger partial charge in [0.25, 0.3) is 5.91 Å². The first-order valence-electron chi connectivity index (χ1n) is 7.96. The van der Waals surface area contributed by atoms with Crippen molar-refractivity contribution in [3.8, 4) is 5.75 Å². The molecule has 0 saturated carbocycles. The molecule has 2 N–H and O–H groups in total. The molecule has 0 bridgehead atoms. The van der Waals surface area contributed by atoms with Gasteiger partial charge >= 0.3 is 0 Å². The zero-order valence-electron chi connectivity index (χ0n) is 13.5. The summed E-state index contributed by atoms with van der Waals surface area (Å²) >= 11 is 0. The lowest BCUT2D eigenvalue weighted by Gasteiger charge is -2.13. The van der Waals surface area contributed by atoms with E-state index in [4.69, 9.17) is 0 Å². The second-order valence-electron chi connectivity index (χ2n) is 5.57. The van der Waals surface area contributed by atoms with E-state index in [1.54, 1.807) is 18.3 Å². The molecule has 3 aromatic rings. The van der Waals surface area contributed by atoms with Crippen LogP contribution in [0.3, 0.4) is 0 Å². The number of benzene rings is 3. The van der Waals surface area contributed by atoms with Gasteiger partial charge in [0.05, 0.1) is 0 Å². The van der Waals surface area contributed by atoms with Gasteiger partial charge in [-0.05, 0) is 35.4 Å². The molecule has 0 aliphatic heterocycles. The summed E-state index contributed by atoms with van der Waals surface area (Å²) in [5.41, 5.74) is 5.16. The van der Waals surface area contributed by atoms with Gasteiger partial charge in [0.15, 0.2) is 0 Å². The lowest BCUT2D eigenvalue weighted by atomic mass is 9.92. The molecular formula is C21H18N2O2. The fraction of sp³-hybridized carbons (Fsp3) is 0.0476. The van der Waals surface area contributed by atoms with E-state index >= 15 is 0 Å². The van der Waals surface area contributed by atoms with E-state index in [0.717, 1.165) is 11.1 Å². The van der Waals surface area contributed by atoms with E-state index in [1.165, 1.54) is 12.1 Å². The van der Waals surface area contributed by atoms with Crippen LogP contribution in [0.25, 0.3) is 0 Å². The Kier molecular flexibility index (Phi) is 5.22. The number of hydrogen-bond donors (Lipinski definition) is 2. The average molecular weight is 330 g/mol. The highest BCUT2D eigenvalue weighted by molar-refractivity contribution is 5.94. The summed E-state index contributed by atoms with van der Waals surface area (Å²) in [6.45, 7) is 0. The van der Waals surface area contributed by atoms with Gasteiger partial charge in [-0.3, -0.25) is 4.79 Å². The maximum Gasteiger partial charge on any atom is 0.271 e. The van der Waals surface area contributed by atoms with Crippen LogP contribution in [0.15, 0.2) is 90.0 Å². The second-order valence-corrected chi connectivity index (χ2v) is 5.57. The summed E-state index contributed by atoms with van der Waals surface area (Å²) in [4.78, 5) is 12.1. The Hall–Kier alpha value is -3.40. The van der Waals surface area contributed by atoms with Crippen molar-refractivity contribution >= 4 is 12.1 Å². The number of amides is 1. The van der Waals surface area contributed by atoms with Crippen LogP contribution in [0.4, 0.5) is 0 Å². The number of phenolic OH excluding ortho intramolecular Hbond substituents is 1. The number of hydrazone groups is 1. The molecule has 4 nitrogen and oxygen atoms in total. The second kappa shape index (κ2) is 7.93. The zero-order chi connectivity index (χ0) is 17.5. The highest BCUT2D eigenvalue weighted by Gasteiger charge is 2.11. The zero-order valence-corrected chi connectivity index (χ0v) is 13.5. The Morgan fingerprint density at radius 3 is 1.88 bits per heavy atom. The molecular weight excluding hydrogens is 312 g/mol. The maximum absolute atomic E-state index is 12.1. The summed E-state index contributed by atoms with van der Waals surface area (Å²) in [5.74, 6) is -0.257. The smallest absolute Gasteiger partial charge is 0.271 e. The average Bonchev–Trinajstić information content (AvgIpc) is 2.67. The summed E-state index contributed by atoms with van der Waals surface area (Å²) < 4.78 is 0. The van der Waals surface area contributed by atoms with Gasteiger partial charge in [-0.1, -0.05) is 60.7 Å². The fourth-order valence-corrected chi connectivity index (χ4v) is 2.53. The van der Waals surface area contributed by atoms with Gasteiger partial charge in [0.2, 0.25) is 0 Å². The minimum Gasteiger partial charge on any atom is -0.508 e. The van der Waals surface area contributed by atoms with Crippen LogP contribution in [0.5, 0.6) is 5.75 Å². The Bertz CT molecular complexity index is 805. The molecule has 0 atom stereocenters. The number of nitrogens with one attached hydrogen (secondary N) is 1. The Balaban J connectivity index is 1.77. The van der Waals surface area contributed by atoms with Gasteiger partial charge < -0.3 is 5.11 Å². The van der Waals surface area contributed by atoms with Gasteiger partial charge in [-0.25, -0.2) is 5.43 Å². The molecule has 4 heteroatoms. The quantitative estimate of drug-likeness (QED) is 0.550. The molecule has 124 valence electrons. The van der Waals surface area contributed by atoms with Crippen LogP contribution >= 0.6 is 0 Å². The molecule has 0 saturated heterocycles. The van der Waals surface area contributed by atoms with Crippen molar-refractivity contribution in [3.05, 3.63) is 102 Å². The largest absolute Gasteiger partial charge is 0.508 e. The molecule has 0 aliphatic rings. The predicted molar refractivity (Wildman–Crippen MR) is 98.8 cm³/mol. The molecule has 0 fully saturated rings. The molecule has 25 heavy (non-hydrogen) atoms.